The van der Waals surface area contributed by atoms with Gasteiger partial charge in [-0.15, -0.1) is 0 Å². The fourth-order valence-electron chi connectivity index (χ4n) is 1.48. The van der Waals surface area contributed by atoms with Crippen molar-refractivity contribution in [1.82, 2.24) is 10.2 Å². The summed E-state index contributed by atoms with van der Waals surface area (Å²) in [5.74, 6) is 0. The third-order valence-corrected chi connectivity index (χ3v) is 4.09. The molecule has 0 bridgehead atoms. The van der Waals surface area contributed by atoms with Gasteiger partial charge in [0, 0.05) is 10.9 Å². The topological polar surface area (TPSA) is 64.1 Å². The molecule has 0 saturated carbocycles. The quantitative estimate of drug-likeness (QED) is 0.669. The van der Waals surface area contributed by atoms with Gasteiger partial charge in [0.25, 0.3) is 0 Å². The molecule has 0 aliphatic rings. The van der Waals surface area contributed by atoms with Crippen molar-refractivity contribution >= 4 is 28.0 Å². The van der Waals surface area contributed by atoms with E-state index in [1.54, 1.807) is 6.20 Å². The highest BCUT2D eigenvalue weighted by Gasteiger charge is 2.26. The molecule has 0 radical (unpaired) electrons. The number of nitrogens with one attached hydrogen (secondary N) is 1. The van der Waals surface area contributed by atoms with Crippen LogP contribution in [-0.2, 0) is 11.4 Å². The number of aromatic nitrogens is 2. The Morgan fingerprint density at radius 3 is 2.78 bits per heavy atom. The van der Waals surface area contributed by atoms with E-state index in [2.05, 4.69) is 14.6 Å². The molecule has 0 saturated heterocycles. The molecule has 5 heteroatoms. The average Bonchev–Trinajstić information content (AvgIpc) is 2.74. The van der Waals surface area contributed by atoms with Crippen molar-refractivity contribution < 1.29 is 4.55 Å². The molecule has 2 rings (SSSR count). The normalized spacial score (nSPS) is 15.1. The Bertz CT molecular complexity index is 583. The largest absolute Gasteiger partial charge is 0.591 e. The van der Waals surface area contributed by atoms with Gasteiger partial charge in [0.05, 0.1) is 17.4 Å². The zero-order valence-corrected chi connectivity index (χ0v) is 11.8. The molecule has 0 aliphatic carbocycles. The van der Waals surface area contributed by atoms with Gasteiger partial charge in [0.2, 0.25) is 0 Å². The smallest absolute Gasteiger partial charge is 0.144 e. The van der Waals surface area contributed by atoms with Gasteiger partial charge in [-0.3, -0.25) is 5.10 Å². The van der Waals surface area contributed by atoms with Crippen LogP contribution in [-0.4, -0.2) is 25.2 Å². The second-order valence-electron chi connectivity index (χ2n) is 5.21. The van der Waals surface area contributed by atoms with E-state index in [1.807, 2.05) is 45.9 Å². The first kappa shape index (κ1) is 13.1. The molecule has 0 aliphatic heterocycles. The fraction of sp³-hybridized carbons (Fsp3) is 0.385. The van der Waals surface area contributed by atoms with E-state index < -0.39 is 11.4 Å². The molecule has 1 N–H and O–H groups in total. The number of aromatic amines is 1. The molecular formula is C13H17N3OS. The van der Waals surface area contributed by atoms with Crippen LogP contribution < -0.4 is 0 Å². The lowest BCUT2D eigenvalue weighted by Gasteiger charge is -2.18. The van der Waals surface area contributed by atoms with Crippen molar-refractivity contribution in [3.63, 3.8) is 0 Å². The van der Waals surface area contributed by atoms with Gasteiger partial charge < -0.3 is 4.55 Å². The number of benzene rings is 1. The lowest BCUT2D eigenvalue weighted by Crippen LogP contribution is -2.26. The Hall–Kier alpha value is -1.33. The van der Waals surface area contributed by atoms with Crippen LogP contribution in [0.15, 0.2) is 28.8 Å². The summed E-state index contributed by atoms with van der Waals surface area (Å²) in [7, 11) is 0. The van der Waals surface area contributed by atoms with E-state index in [9.17, 15) is 4.55 Å². The van der Waals surface area contributed by atoms with Gasteiger partial charge in [-0.2, -0.15) is 5.10 Å². The molecule has 0 amide bonds. The van der Waals surface area contributed by atoms with Crippen LogP contribution in [0.1, 0.15) is 33.3 Å². The first-order chi connectivity index (χ1) is 8.38. The van der Waals surface area contributed by atoms with Gasteiger partial charge in [-0.1, -0.05) is 10.5 Å². The van der Waals surface area contributed by atoms with E-state index in [-0.39, 0.29) is 4.75 Å². The molecule has 1 heterocycles. The highest BCUT2D eigenvalue weighted by Crippen LogP contribution is 2.19. The molecule has 1 aromatic carbocycles. The van der Waals surface area contributed by atoms with Crippen molar-refractivity contribution in [3.8, 4) is 0 Å². The van der Waals surface area contributed by atoms with Gasteiger partial charge in [-0.25, -0.2) is 0 Å². The summed E-state index contributed by atoms with van der Waals surface area (Å²) in [6.07, 6.45) is 1.77. The minimum atomic E-state index is -1.23. The van der Waals surface area contributed by atoms with E-state index >= 15 is 0 Å². The standard InChI is InChI=1S/C13H17N3OS/c1-9(16-18(17)13(2,3)4)10-5-6-12-11(7-10)8-14-15-12/h5-8H,1-4H3,(H,14,15)/b16-9+. The van der Waals surface area contributed by atoms with Crippen LogP contribution in [0, 0.1) is 0 Å². The zero-order chi connectivity index (χ0) is 13.3. The Morgan fingerprint density at radius 1 is 1.39 bits per heavy atom. The fourth-order valence-corrected chi connectivity index (χ4v) is 2.11. The third-order valence-electron chi connectivity index (χ3n) is 2.60. The number of rotatable bonds is 2. The predicted molar refractivity (Wildman–Crippen MR) is 76.2 cm³/mol. The Morgan fingerprint density at radius 2 is 2.11 bits per heavy atom. The average molecular weight is 263 g/mol. The van der Waals surface area contributed by atoms with Crippen molar-refractivity contribution in [2.45, 2.75) is 32.4 Å². The number of H-pyrrole nitrogens is 1. The molecule has 4 nitrogen and oxygen atoms in total. The molecule has 1 aromatic heterocycles. The second-order valence-corrected chi connectivity index (χ2v) is 7.12. The summed E-state index contributed by atoms with van der Waals surface area (Å²) in [5, 5.41) is 7.91. The van der Waals surface area contributed by atoms with E-state index in [1.165, 1.54) is 0 Å². The third kappa shape index (κ3) is 2.73. The number of nitrogens with zero attached hydrogens (tertiary/aromatic N) is 2. The zero-order valence-electron chi connectivity index (χ0n) is 11.0. The highest BCUT2D eigenvalue weighted by atomic mass is 32.2. The second kappa shape index (κ2) is 4.74. The van der Waals surface area contributed by atoms with Crippen LogP contribution in [0.2, 0.25) is 0 Å². The molecular weight excluding hydrogens is 246 g/mol. The lowest BCUT2D eigenvalue weighted by atomic mass is 10.1. The number of hydrogen-bond donors (Lipinski definition) is 1. The first-order valence-corrected chi connectivity index (χ1v) is 6.89. The van der Waals surface area contributed by atoms with Gasteiger partial charge in [0.1, 0.15) is 16.1 Å². The van der Waals surface area contributed by atoms with Gasteiger partial charge in [0.15, 0.2) is 0 Å². The molecule has 0 fully saturated rings. The minimum Gasteiger partial charge on any atom is -0.591 e. The van der Waals surface area contributed by atoms with E-state index in [0.717, 1.165) is 22.2 Å². The summed E-state index contributed by atoms with van der Waals surface area (Å²) in [4.78, 5) is 0. The van der Waals surface area contributed by atoms with Crippen LogP contribution in [0.3, 0.4) is 0 Å². The maximum Gasteiger partial charge on any atom is 0.144 e. The van der Waals surface area contributed by atoms with Crippen LogP contribution in [0.25, 0.3) is 10.9 Å². The Balaban J connectivity index is 2.32. The van der Waals surface area contributed by atoms with Crippen molar-refractivity contribution in [3.05, 3.63) is 30.0 Å². The summed E-state index contributed by atoms with van der Waals surface area (Å²) in [6.45, 7) is 7.63. The Kier molecular flexibility index (Phi) is 3.45. The molecule has 1 unspecified atom stereocenters. The maximum absolute atomic E-state index is 12.0. The van der Waals surface area contributed by atoms with E-state index in [4.69, 9.17) is 0 Å². The SMILES string of the molecule is C/C(=N\[S+]([O-])C(C)(C)C)c1ccc2[nH]ncc2c1. The number of hydrogen-bond acceptors (Lipinski definition) is 3. The molecule has 18 heavy (non-hydrogen) atoms. The molecule has 96 valence electrons. The van der Waals surface area contributed by atoms with Crippen molar-refractivity contribution in [1.29, 1.82) is 0 Å². The van der Waals surface area contributed by atoms with Crippen LogP contribution in [0.4, 0.5) is 0 Å². The maximum atomic E-state index is 12.0. The predicted octanol–water partition coefficient (Wildman–Crippen LogP) is 2.83. The first-order valence-electron chi connectivity index (χ1n) is 5.79. The minimum absolute atomic E-state index is 0.332. The summed E-state index contributed by atoms with van der Waals surface area (Å²) >= 11 is -1.23. The monoisotopic (exact) mass is 263 g/mol. The van der Waals surface area contributed by atoms with Crippen molar-refractivity contribution in [2.75, 3.05) is 0 Å². The number of fused-ring (bicyclic) bond motifs is 1. The van der Waals surface area contributed by atoms with Crippen molar-refractivity contribution in [2.24, 2.45) is 4.40 Å². The Labute approximate surface area is 110 Å². The summed E-state index contributed by atoms with van der Waals surface area (Å²) < 4.78 is 15.9. The summed E-state index contributed by atoms with van der Waals surface area (Å²) in [6, 6.07) is 5.91. The lowest BCUT2D eigenvalue weighted by molar-refractivity contribution is 0.561. The molecule has 0 spiro atoms. The van der Waals surface area contributed by atoms with Crippen LogP contribution in [0.5, 0.6) is 0 Å². The van der Waals surface area contributed by atoms with Gasteiger partial charge >= 0.3 is 0 Å². The molecule has 1 atom stereocenters. The van der Waals surface area contributed by atoms with E-state index in [0.29, 0.717) is 0 Å². The molecule has 2 aromatic rings. The summed E-state index contributed by atoms with van der Waals surface area (Å²) in [5.41, 5.74) is 2.75. The van der Waals surface area contributed by atoms with Crippen LogP contribution >= 0.6 is 0 Å². The van der Waals surface area contributed by atoms with Gasteiger partial charge in [-0.05, 0) is 39.8 Å². The highest BCUT2D eigenvalue weighted by molar-refractivity contribution is 7.91.